The Morgan fingerprint density at radius 1 is 0.803 bits per heavy atom. The lowest BCUT2D eigenvalue weighted by Gasteiger charge is -2.48. The van der Waals surface area contributed by atoms with Crippen molar-refractivity contribution in [3.05, 3.63) is 84.6 Å². The van der Waals surface area contributed by atoms with Crippen LogP contribution in [0, 0.1) is 17.2 Å². The second kappa shape index (κ2) is 19.9. The number of para-hydroxylation sites is 1. The maximum absolute atomic E-state index is 15.4. The van der Waals surface area contributed by atoms with E-state index in [0.717, 1.165) is 59.6 Å². The Morgan fingerprint density at radius 2 is 1.54 bits per heavy atom. The zero-order valence-electron chi connectivity index (χ0n) is 44.0. The average molecular weight is 1030 g/mol. The predicted octanol–water partition coefficient (Wildman–Crippen LogP) is 8.17. The van der Waals surface area contributed by atoms with Gasteiger partial charge in [0.15, 0.2) is 5.82 Å². The normalized spacial score (nSPS) is 23.1. The zero-order chi connectivity index (χ0) is 52.5. The number of urea groups is 1. The van der Waals surface area contributed by atoms with Crippen molar-refractivity contribution in [2.75, 3.05) is 78.9 Å². The molecule has 3 aromatic heterocycles. The minimum absolute atomic E-state index is 0.0729. The molecule has 0 bridgehead atoms. The minimum atomic E-state index is -0.758. The highest BCUT2D eigenvalue weighted by molar-refractivity contribution is 6.10. The molecule has 0 radical (unpaired) electrons. The van der Waals surface area contributed by atoms with E-state index in [1.807, 2.05) is 32.6 Å². The number of imidazole rings is 1. The summed E-state index contributed by atoms with van der Waals surface area (Å²) >= 11 is 0. The number of hydrogen-bond acceptors (Lipinski definition) is 11. The van der Waals surface area contributed by atoms with E-state index in [1.54, 1.807) is 30.7 Å². The molecule has 0 atom stereocenters. The number of piperidine rings is 4. The molecule has 6 amide bonds. The fraction of sp³-hybridized carbons (Fsp3) is 0.517. The lowest BCUT2D eigenvalue weighted by atomic mass is 9.72. The van der Waals surface area contributed by atoms with Crippen LogP contribution in [0.1, 0.15) is 109 Å². The molecular formula is C58H69FN12O5. The molecule has 18 heteroatoms. The molecule has 1 aliphatic carbocycles. The first-order valence-electron chi connectivity index (χ1n) is 27.8. The number of hydrogen-bond donors (Lipinski definition) is 2. The number of nitrogens with one attached hydrogen (secondary N) is 2. The van der Waals surface area contributed by atoms with Crippen LogP contribution in [-0.4, -0.2) is 135 Å². The largest absolute Gasteiger partial charge is 0.357 e. The van der Waals surface area contributed by atoms with E-state index >= 15 is 9.18 Å². The summed E-state index contributed by atoms with van der Waals surface area (Å²) in [6.45, 7) is 12.1. The number of fused-ring (bicyclic) bond motifs is 3. The number of imide groups is 1. The fourth-order valence-electron chi connectivity index (χ4n) is 13.4. The van der Waals surface area contributed by atoms with Gasteiger partial charge in [-0.3, -0.25) is 29.4 Å². The van der Waals surface area contributed by atoms with Crippen molar-refractivity contribution >= 4 is 69.4 Å². The van der Waals surface area contributed by atoms with Crippen molar-refractivity contribution in [2.45, 2.75) is 121 Å². The third-order valence-electron chi connectivity index (χ3n) is 18.2. The third-order valence-corrected chi connectivity index (χ3v) is 18.2. The maximum atomic E-state index is 15.4. The topological polar surface area (TPSA) is 172 Å². The van der Waals surface area contributed by atoms with E-state index in [4.69, 9.17) is 9.97 Å². The minimum Gasteiger partial charge on any atom is -0.357 e. The van der Waals surface area contributed by atoms with E-state index in [9.17, 15) is 19.2 Å². The van der Waals surface area contributed by atoms with Crippen LogP contribution in [0.25, 0.3) is 22.3 Å². The van der Waals surface area contributed by atoms with Gasteiger partial charge in [0, 0.05) is 92.9 Å². The van der Waals surface area contributed by atoms with Gasteiger partial charge >= 0.3 is 6.03 Å². The lowest BCUT2D eigenvalue weighted by Crippen LogP contribution is -2.59. The molecule has 6 aliphatic heterocycles. The second-order valence-electron chi connectivity index (χ2n) is 23.0. The summed E-state index contributed by atoms with van der Waals surface area (Å²) in [6, 6.07) is 18.8. The Kier molecular flexibility index (Phi) is 13.1. The van der Waals surface area contributed by atoms with Crippen molar-refractivity contribution in [2.24, 2.45) is 11.3 Å². The number of halogens is 1. The molecule has 2 N–H and O–H groups in total. The first-order chi connectivity index (χ1) is 36.8. The number of amides is 6. The van der Waals surface area contributed by atoms with E-state index in [2.05, 4.69) is 69.3 Å². The van der Waals surface area contributed by atoms with Crippen LogP contribution >= 0.6 is 0 Å². The number of aromatic nitrogens is 4. The van der Waals surface area contributed by atoms with Gasteiger partial charge in [-0.15, -0.1) is 0 Å². The van der Waals surface area contributed by atoms with E-state index in [-0.39, 0.29) is 53.9 Å². The first kappa shape index (κ1) is 49.9. The van der Waals surface area contributed by atoms with Crippen molar-refractivity contribution < 1.29 is 28.4 Å². The summed E-state index contributed by atoms with van der Waals surface area (Å²) in [4.78, 5) is 94.8. The predicted molar refractivity (Wildman–Crippen MR) is 289 cm³/mol. The average Bonchev–Trinajstić information content (AvgIpc) is 4.18. The third kappa shape index (κ3) is 8.92. The molecule has 398 valence electrons. The number of nitrogens with zero attached hydrogens (tertiary/aromatic N) is 10. The number of carbonyl (C=O) groups is 5. The highest BCUT2D eigenvalue weighted by Gasteiger charge is 2.56. The number of rotatable bonds is 10. The van der Waals surface area contributed by atoms with Gasteiger partial charge in [-0.25, -0.2) is 24.1 Å². The van der Waals surface area contributed by atoms with E-state index in [0.29, 0.717) is 113 Å². The van der Waals surface area contributed by atoms with Crippen molar-refractivity contribution in [3.63, 3.8) is 0 Å². The van der Waals surface area contributed by atoms with Crippen molar-refractivity contribution in [1.82, 2.24) is 39.5 Å². The summed E-state index contributed by atoms with van der Waals surface area (Å²) < 4.78 is 17.2. The smallest absolute Gasteiger partial charge is 0.328 e. The molecule has 2 aromatic carbocycles. The van der Waals surface area contributed by atoms with Crippen LogP contribution in [0.5, 0.6) is 0 Å². The molecule has 1 spiro atoms. The Hall–Kier alpha value is -6.95. The molecule has 7 aliphatic rings. The summed E-state index contributed by atoms with van der Waals surface area (Å²) in [5.41, 5.74) is 4.57. The van der Waals surface area contributed by atoms with Gasteiger partial charge in [0.2, 0.25) is 23.6 Å². The lowest BCUT2D eigenvalue weighted by molar-refractivity contribution is -0.150. The maximum Gasteiger partial charge on any atom is 0.328 e. The van der Waals surface area contributed by atoms with Crippen LogP contribution in [0.2, 0.25) is 0 Å². The first-order valence-corrected chi connectivity index (χ1v) is 27.8. The van der Waals surface area contributed by atoms with Gasteiger partial charge < -0.3 is 34.4 Å². The van der Waals surface area contributed by atoms with Crippen molar-refractivity contribution in [1.29, 1.82) is 0 Å². The molecular weight excluding hydrogens is 964 g/mol. The molecule has 0 unspecified atom stereocenters. The number of pyridine rings is 2. The van der Waals surface area contributed by atoms with Gasteiger partial charge in [0.05, 0.1) is 40.5 Å². The summed E-state index contributed by atoms with van der Waals surface area (Å²) in [6.07, 6.45) is 12.9. The zero-order valence-corrected chi connectivity index (χ0v) is 44.0. The van der Waals surface area contributed by atoms with E-state index in [1.165, 1.54) is 30.2 Å². The molecule has 76 heavy (non-hydrogen) atoms. The molecule has 12 rings (SSSR count). The second-order valence-corrected chi connectivity index (χ2v) is 23.0. The van der Waals surface area contributed by atoms with Crippen LogP contribution < -0.4 is 25.3 Å². The Balaban J connectivity index is 0.722. The quantitative estimate of drug-likeness (QED) is 0.138. The Bertz CT molecular complexity index is 3070. The van der Waals surface area contributed by atoms with Gasteiger partial charge in [0.1, 0.15) is 17.2 Å². The Labute approximate surface area is 443 Å². The van der Waals surface area contributed by atoms with Gasteiger partial charge in [-0.2, -0.15) is 0 Å². The van der Waals surface area contributed by atoms with Crippen LogP contribution in [0.4, 0.5) is 37.9 Å². The molecule has 5 aromatic rings. The summed E-state index contributed by atoms with van der Waals surface area (Å²) in [7, 11) is 0. The fourth-order valence-corrected chi connectivity index (χ4v) is 13.4. The molecule has 6 fully saturated rings. The number of benzene rings is 2. The summed E-state index contributed by atoms with van der Waals surface area (Å²) in [5.74, 6) is 0.931. The highest BCUT2D eigenvalue weighted by Crippen LogP contribution is 2.53. The Morgan fingerprint density at radius 3 is 2.24 bits per heavy atom. The van der Waals surface area contributed by atoms with Crippen molar-refractivity contribution in [3.8, 4) is 11.3 Å². The SMILES string of the molecule is CC(C)n1cnc2cc(-c3ccc4c(c3)N(C3CC(N5CCCCC5)C3)C(=O)C43CCN(C(=O)C4(C)CCN(C(=O)C5CCN(c6ccc(N7CCC(=O)NC7=O)cn6)CC5)CC4)CC3)nc(Nc3ccccc3F)c21. The molecule has 9 heterocycles. The van der Waals surface area contributed by atoms with Crippen LogP contribution in [-0.2, 0) is 24.6 Å². The molecule has 1 saturated carbocycles. The standard InChI is InChI=1S/C58H69FN12O5/c1-37(2)70-36-61-47-34-46(63-52(51(47)70)62-45-10-6-5-9-44(45)59)39-11-13-43-48(31-39)71(42-32-41(33-42)65-22-7-4-8-23-65)55(75)58(43)20-29-68(30-21-58)54(74)57(3)18-27-67(28-19-57)53(73)38-15-24-66(25-16-38)49-14-12-40(35-60-49)69-26-17-50(72)64-56(69)76/h5-6,9-14,31,34-38,41-42H,4,7-8,15-30,32-33H2,1-3H3,(H,62,63)(H,64,72,76). The molecule has 5 saturated heterocycles. The van der Waals surface area contributed by atoms with Crippen LogP contribution in [0.15, 0.2) is 73.2 Å². The van der Waals surface area contributed by atoms with Crippen LogP contribution in [0.3, 0.4) is 0 Å². The number of carbonyl (C=O) groups excluding carboxylic acids is 5. The van der Waals surface area contributed by atoms with Gasteiger partial charge in [0.25, 0.3) is 0 Å². The van der Waals surface area contributed by atoms with Gasteiger partial charge in [-0.05, 0) is 133 Å². The summed E-state index contributed by atoms with van der Waals surface area (Å²) in [5, 5.41) is 5.64. The number of likely N-dealkylation sites (tertiary alicyclic amines) is 3. The highest BCUT2D eigenvalue weighted by atomic mass is 19.1. The number of anilines is 5. The van der Waals surface area contributed by atoms with Gasteiger partial charge in [-0.1, -0.05) is 37.6 Å². The molecule has 17 nitrogen and oxygen atoms in total. The van der Waals surface area contributed by atoms with E-state index < -0.39 is 16.9 Å². The monoisotopic (exact) mass is 1030 g/mol.